The SMILES string of the molecule is CCCC[C@@H](CC)COC(=O)c1ccc(Nc2nc(Nc3ccc(C(=O)NC(C)(C)C)cc3)nc(Nc3ccc(C(=O)OC[C@@H](CC)CCCC)cc3)n2)cc1. The average Bonchev–Trinajstić information content (AvgIpc) is 3.18. The van der Waals surface area contributed by atoms with Crippen molar-refractivity contribution in [1.29, 1.82) is 0 Å². The van der Waals surface area contributed by atoms with Gasteiger partial charge in [0.25, 0.3) is 5.91 Å². The Morgan fingerprint density at radius 1 is 0.554 bits per heavy atom. The Bertz CT molecular complexity index is 1750. The smallest absolute Gasteiger partial charge is 0.338 e. The van der Waals surface area contributed by atoms with Crippen LogP contribution in [0.3, 0.4) is 0 Å². The summed E-state index contributed by atoms with van der Waals surface area (Å²) in [6, 6.07) is 20.9. The van der Waals surface area contributed by atoms with Crippen LogP contribution in [0, 0.1) is 11.8 Å². The standard InChI is InChI=1S/C44H59N7O5/c1-8-12-14-30(10-3)28-55-39(53)33-18-24-36(25-19-33)46-42-48-41(45-35-22-16-32(17-23-35)38(52)51-44(5,6)7)49-43(50-42)47-37-26-20-34(21-27-37)40(54)56-29-31(11-4)15-13-9-2/h16-27,30-31H,8-15,28-29H2,1-7H3,(H,51,52)(H3,45,46,47,48,49,50)/t30-,31+. The van der Waals surface area contributed by atoms with Crippen LogP contribution in [-0.4, -0.2) is 51.6 Å². The lowest BCUT2D eigenvalue weighted by Crippen LogP contribution is -2.40. The van der Waals surface area contributed by atoms with Crippen LogP contribution >= 0.6 is 0 Å². The van der Waals surface area contributed by atoms with Crippen molar-refractivity contribution in [3.05, 3.63) is 89.5 Å². The summed E-state index contributed by atoms with van der Waals surface area (Å²) in [6.07, 6.45) is 8.48. The van der Waals surface area contributed by atoms with Crippen LogP contribution in [0.25, 0.3) is 0 Å². The molecular weight excluding hydrogens is 707 g/mol. The zero-order valence-corrected chi connectivity index (χ0v) is 34.0. The molecule has 4 rings (SSSR count). The zero-order valence-electron chi connectivity index (χ0n) is 34.0. The number of nitrogens with one attached hydrogen (secondary N) is 4. The first-order chi connectivity index (χ1) is 26.9. The number of rotatable bonds is 21. The van der Waals surface area contributed by atoms with E-state index in [1.807, 2.05) is 20.8 Å². The molecule has 12 heteroatoms. The lowest BCUT2D eigenvalue weighted by atomic mass is 10.0. The predicted molar refractivity (Wildman–Crippen MR) is 223 cm³/mol. The fraction of sp³-hybridized carbons (Fsp3) is 0.455. The molecule has 0 aliphatic rings. The fourth-order valence-electron chi connectivity index (χ4n) is 5.78. The summed E-state index contributed by atoms with van der Waals surface area (Å²) in [5.41, 5.74) is 3.02. The van der Waals surface area contributed by atoms with E-state index in [-0.39, 0.29) is 41.2 Å². The van der Waals surface area contributed by atoms with E-state index in [0.717, 1.165) is 51.4 Å². The van der Waals surface area contributed by atoms with Crippen molar-refractivity contribution in [2.24, 2.45) is 11.8 Å². The van der Waals surface area contributed by atoms with Crippen molar-refractivity contribution < 1.29 is 23.9 Å². The van der Waals surface area contributed by atoms with Gasteiger partial charge < -0.3 is 30.7 Å². The van der Waals surface area contributed by atoms with Crippen molar-refractivity contribution in [2.75, 3.05) is 29.2 Å². The van der Waals surface area contributed by atoms with Gasteiger partial charge in [0.05, 0.1) is 24.3 Å². The fourth-order valence-corrected chi connectivity index (χ4v) is 5.78. The number of benzene rings is 3. The molecule has 0 unspecified atom stereocenters. The molecule has 1 heterocycles. The Kier molecular flexibility index (Phi) is 16.6. The number of carbonyl (C=O) groups excluding carboxylic acids is 3. The summed E-state index contributed by atoms with van der Waals surface area (Å²) in [5, 5.41) is 12.6. The third-order valence-electron chi connectivity index (χ3n) is 9.27. The number of hydrogen-bond donors (Lipinski definition) is 4. The molecule has 0 spiro atoms. The van der Waals surface area contributed by atoms with Gasteiger partial charge in [0, 0.05) is 28.2 Å². The van der Waals surface area contributed by atoms with Gasteiger partial charge in [-0.3, -0.25) is 4.79 Å². The highest BCUT2D eigenvalue weighted by Gasteiger charge is 2.17. The van der Waals surface area contributed by atoms with E-state index in [1.165, 1.54) is 0 Å². The molecule has 1 aromatic heterocycles. The lowest BCUT2D eigenvalue weighted by Gasteiger charge is -2.20. The number of amides is 1. The molecular formula is C44H59N7O5. The summed E-state index contributed by atoms with van der Waals surface area (Å²) in [5.74, 6) is 0.524. The maximum absolute atomic E-state index is 12.8. The van der Waals surface area contributed by atoms with Crippen LogP contribution in [0.4, 0.5) is 34.9 Å². The number of esters is 2. The topological polar surface area (TPSA) is 156 Å². The van der Waals surface area contributed by atoms with Gasteiger partial charge in [0.2, 0.25) is 17.8 Å². The van der Waals surface area contributed by atoms with Gasteiger partial charge >= 0.3 is 11.9 Å². The number of nitrogens with zero attached hydrogens (tertiary/aromatic N) is 3. The maximum atomic E-state index is 12.8. The monoisotopic (exact) mass is 765 g/mol. The summed E-state index contributed by atoms with van der Waals surface area (Å²) in [4.78, 5) is 52.0. The van der Waals surface area contributed by atoms with Crippen molar-refractivity contribution in [1.82, 2.24) is 20.3 Å². The molecule has 0 bridgehead atoms. The highest BCUT2D eigenvalue weighted by atomic mass is 16.5. The van der Waals surface area contributed by atoms with E-state index in [0.29, 0.717) is 58.8 Å². The maximum Gasteiger partial charge on any atom is 0.338 e. The highest BCUT2D eigenvalue weighted by molar-refractivity contribution is 5.95. The van der Waals surface area contributed by atoms with Crippen molar-refractivity contribution in [2.45, 2.75) is 105 Å². The van der Waals surface area contributed by atoms with Gasteiger partial charge in [-0.1, -0.05) is 66.2 Å². The quantitative estimate of drug-likeness (QED) is 0.0599. The number of anilines is 6. The van der Waals surface area contributed by atoms with Gasteiger partial charge in [-0.25, -0.2) is 9.59 Å². The Hall–Kier alpha value is -5.52. The number of unbranched alkanes of at least 4 members (excludes halogenated alkanes) is 2. The van der Waals surface area contributed by atoms with E-state index in [2.05, 4.69) is 63.9 Å². The van der Waals surface area contributed by atoms with Crippen LogP contribution < -0.4 is 21.3 Å². The predicted octanol–water partition coefficient (Wildman–Crippen LogP) is 10.4. The molecule has 12 nitrogen and oxygen atoms in total. The normalized spacial score (nSPS) is 12.3. The minimum Gasteiger partial charge on any atom is -0.462 e. The molecule has 0 radical (unpaired) electrons. The van der Waals surface area contributed by atoms with Crippen LogP contribution in [0.2, 0.25) is 0 Å². The van der Waals surface area contributed by atoms with Crippen molar-refractivity contribution in [3.8, 4) is 0 Å². The van der Waals surface area contributed by atoms with Gasteiger partial charge in [-0.15, -0.1) is 0 Å². The van der Waals surface area contributed by atoms with Gasteiger partial charge in [0.1, 0.15) is 0 Å². The molecule has 56 heavy (non-hydrogen) atoms. The minimum absolute atomic E-state index is 0.171. The summed E-state index contributed by atoms with van der Waals surface area (Å²) >= 11 is 0. The van der Waals surface area contributed by atoms with Gasteiger partial charge in [-0.05, 0) is 118 Å². The second kappa shape index (κ2) is 21.5. The van der Waals surface area contributed by atoms with Gasteiger partial charge in [0.15, 0.2) is 0 Å². The largest absolute Gasteiger partial charge is 0.462 e. The molecule has 4 N–H and O–H groups in total. The third kappa shape index (κ3) is 14.3. The third-order valence-corrected chi connectivity index (χ3v) is 9.27. The highest BCUT2D eigenvalue weighted by Crippen LogP contribution is 2.23. The van der Waals surface area contributed by atoms with Crippen LogP contribution in [-0.2, 0) is 9.47 Å². The molecule has 4 aromatic rings. The Labute approximate surface area is 332 Å². The molecule has 0 saturated carbocycles. The van der Waals surface area contributed by atoms with E-state index in [1.54, 1.807) is 72.8 Å². The van der Waals surface area contributed by atoms with Crippen LogP contribution in [0.1, 0.15) is 131 Å². The molecule has 300 valence electrons. The summed E-state index contributed by atoms with van der Waals surface area (Å²) in [7, 11) is 0. The first-order valence-electron chi connectivity index (χ1n) is 19.9. The summed E-state index contributed by atoms with van der Waals surface area (Å²) in [6.45, 7) is 15.2. The van der Waals surface area contributed by atoms with E-state index < -0.39 is 0 Å². The zero-order chi connectivity index (χ0) is 40.5. The average molecular weight is 766 g/mol. The lowest BCUT2D eigenvalue weighted by molar-refractivity contribution is 0.0419. The molecule has 3 aromatic carbocycles. The number of ether oxygens (including phenoxy) is 2. The number of carbonyl (C=O) groups is 3. The molecule has 0 saturated heterocycles. The van der Waals surface area contributed by atoms with E-state index in [9.17, 15) is 14.4 Å². The first-order valence-corrected chi connectivity index (χ1v) is 19.9. The summed E-state index contributed by atoms with van der Waals surface area (Å²) < 4.78 is 11.3. The molecule has 2 atom stereocenters. The van der Waals surface area contributed by atoms with Crippen LogP contribution in [0.15, 0.2) is 72.8 Å². The molecule has 0 aliphatic heterocycles. The number of hydrogen-bond acceptors (Lipinski definition) is 11. The molecule has 1 amide bonds. The van der Waals surface area contributed by atoms with Crippen molar-refractivity contribution >= 4 is 52.8 Å². The first kappa shape index (κ1) is 43.2. The second-order valence-corrected chi connectivity index (χ2v) is 15.1. The Morgan fingerprint density at radius 2 is 0.893 bits per heavy atom. The van der Waals surface area contributed by atoms with E-state index in [4.69, 9.17) is 9.47 Å². The molecule has 0 fully saturated rings. The Balaban J connectivity index is 1.50. The van der Waals surface area contributed by atoms with Crippen molar-refractivity contribution in [3.63, 3.8) is 0 Å². The minimum atomic E-state index is -0.364. The van der Waals surface area contributed by atoms with E-state index >= 15 is 0 Å². The second-order valence-electron chi connectivity index (χ2n) is 15.1. The number of aromatic nitrogens is 3. The van der Waals surface area contributed by atoms with Crippen LogP contribution in [0.5, 0.6) is 0 Å². The van der Waals surface area contributed by atoms with Gasteiger partial charge in [-0.2, -0.15) is 15.0 Å². The molecule has 0 aliphatic carbocycles. The Morgan fingerprint density at radius 3 is 1.20 bits per heavy atom.